The van der Waals surface area contributed by atoms with Crippen molar-refractivity contribution in [3.05, 3.63) is 34.3 Å². The molecule has 1 unspecified atom stereocenters. The highest BCUT2D eigenvalue weighted by atomic mass is 35.5. The Kier molecular flexibility index (Phi) is 4.17. The van der Waals surface area contributed by atoms with Gasteiger partial charge in [0.05, 0.1) is 5.56 Å². The second-order valence-corrected chi connectivity index (χ2v) is 5.20. The summed E-state index contributed by atoms with van der Waals surface area (Å²) in [5, 5.41) is 3.42. The predicted octanol–water partition coefficient (Wildman–Crippen LogP) is 3.90. The number of hydrogen-bond acceptors (Lipinski definition) is 1. The first-order chi connectivity index (χ1) is 8.45. The second kappa shape index (κ2) is 5.49. The highest BCUT2D eigenvalue weighted by Crippen LogP contribution is 2.32. The number of nitrogens with one attached hydrogen (secondary N) is 1. The fourth-order valence-corrected chi connectivity index (χ4v) is 2.62. The summed E-state index contributed by atoms with van der Waals surface area (Å²) in [4.78, 5) is 0. The molecule has 1 saturated heterocycles. The van der Waals surface area contributed by atoms with Gasteiger partial charge < -0.3 is 5.32 Å². The van der Waals surface area contributed by atoms with Gasteiger partial charge >= 0.3 is 6.18 Å². The molecule has 1 heterocycles. The molecule has 2 rings (SSSR count). The first-order valence-corrected chi connectivity index (χ1v) is 6.40. The fraction of sp³-hybridized carbons (Fsp3) is 0.538. The van der Waals surface area contributed by atoms with Crippen LogP contribution < -0.4 is 5.32 Å². The van der Waals surface area contributed by atoms with E-state index < -0.39 is 11.7 Å². The van der Waals surface area contributed by atoms with E-state index in [0.29, 0.717) is 17.9 Å². The monoisotopic (exact) mass is 277 g/mol. The quantitative estimate of drug-likeness (QED) is 0.864. The molecular weight excluding hydrogens is 263 g/mol. The van der Waals surface area contributed by atoms with E-state index in [-0.39, 0.29) is 5.02 Å². The lowest BCUT2D eigenvalue weighted by atomic mass is 9.92. The van der Waals surface area contributed by atoms with Gasteiger partial charge in [-0.25, -0.2) is 0 Å². The van der Waals surface area contributed by atoms with E-state index >= 15 is 0 Å². The van der Waals surface area contributed by atoms with E-state index in [4.69, 9.17) is 11.6 Å². The van der Waals surface area contributed by atoms with Crippen molar-refractivity contribution in [3.8, 4) is 0 Å². The highest BCUT2D eigenvalue weighted by molar-refractivity contribution is 6.30. The van der Waals surface area contributed by atoms with Crippen LogP contribution in [0.3, 0.4) is 0 Å². The van der Waals surface area contributed by atoms with Gasteiger partial charge in [-0.3, -0.25) is 0 Å². The molecule has 0 radical (unpaired) electrons. The number of alkyl halides is 3. The normalized spacial score (nSPS) is 21.0. The zero-order chi connectivity index (χ0) is 13.2. The summed E-state index contributed by atoms with van der Waals surface area (Å²) in [5.74, 6) is 0.401. The van der Waals surface area contributed by atoms with Crippen molar-refractivity contribution in [1.29, 1.82) is 0 Å². The molecule has 18 heavy (non-hydrogen) atoms. The van der Waals surface area contributed by atoms with Gasteiger partial charge in [0.1, 0.15) is 0 Å². The van der Waals surface area contributed by atoms with E-state index in [1.807, 2.05) is 0 Å². The van der Waals surface area contributed by atoms with Gasteiger partial charge in [0.25, 0.3) is 0 Å². The molecule has 0 aromatic heterocycles. The number of benzene rings is 1. The smallest absolute Gasteiger partial charge is 0.316 e. The van der Waals surface area contributed by atoms with Gasteiger partial charge in [0.2, 0.25) is 0 Å². The third kappa shape index (κ3) is 3.62. The molecule has 1 aromatic rings. The van der Waals surface area contributed by atoms with Crippen molar-refractivity contribution in [3.63, 3.8) is 0 Å². The van der Waals surface area contributed by atoms with E-state index in [0.717, 1.165) is 32.0 Å². The molecule has 1 atom stereocenters. The molecule has 0 saturated carbocycles. The van der Waals surface area contributed by atoms with Crippen molar-refractivity contribution in [2.45, 2.75) is 25.4 Å². The first kappa shape index (κ1) is 13.7. The Hall–Kier alpha value is -0.740. The minimum absolute atomic E-state index is 0.156. The van der Waals surface area contributed by atoms with Gasteiger partial charge in [0.15, 0.2) is 0 Å². The van der Waals surface area contributed by atoms with Crippen molar-refractivity contribution in [2.75, 3.05) is 13.1 Å². The van der Waals surface area contributed by atoms with Crippen LogP contribution in [-0.2, 0) is 12.6 Å². The number of halogens is 4. The maximum Gasteiger partial charge on any atom is 0.416 e. The Morgan fingerprint density at radius 1 is 1.28 bits per heavy atom. The van der Waals surface area contributed by atoms with Crippen LogP contribution >= 0.6 is 11.6 Å². The maximum atomic E-state index is 12.7. The summed E-state index contributed by atoms with van der Waals surface area (Å²) in [5.41, 5.74) is 0.0114. The van der Waals surface area contributed by atoms with Crippen LogP contribution in [0.25, 0.3) is 0 Å². The van der Waals surface area contributed by atoms with Crippen LogP contribution in [0.1, 0.15) is 24.0 Å². The molecule has 1 fully saturated rings. The fourth-order valence-electron chi connectivity index (χ4n) is 2.36. The topological polar surface area (TPSA) is 12.0 Å². The van der Waals surface area contributed by atoms with E-state index in [9.17, 15) is 13.2 Å². The third-order valence-electron chi connectivity index (χ3n) is 3.21. The third-order valence-corrected chi connectivity index (χ3v) is 3.43. The van der Waals surface area contributed by atoms with Crippen LogP contribution in [0.4, 0.5) is 13.2 Å². The molecular formula is C13H15ClF3N. The van der Waals surface area contributed by atoms with Crippen LogP contribution in [0.2, 0.25) is 5.02 Å². The summed E-state index contributed by atoms with van der Waals surface area (Å²) in [6.07, 6.45) is -1.54. The van der Waals surface area contributed by atoms with Crippen LogP contribution in [0, 0.1) is 5.92 Å². The van der Waals surface area contributed by atoms with Gasteiger partial charge in [0, 0.05) is 5.02 Å². The Bertz CT molecular complexity index is 411. The summed E-state index contributed by atoms with van der Waals surface area (Å²) >= 11 is 5.76. The largest absolute Gasteiger partial charge is 0.416 e. The van der Waals surface area contributed by atoms with Crippen LogP contribution in [0.5, 0.6) is 0 Å². The minimum atomic E-state index is -4.33. The number of rotatable bonds is 2. The van der Waals surface area contributed by atoms with E-state index in [1.165, 1.54) is 6.07 Å². The predicted molar refractivity (Wildman–Crippen MR) is 65.8 cm³/mol. The average Bonchev–Trinajstić information content (AvgIpc) is 2.28. The zero-order valence-corrected chi connectivity index (χ0v) is 10.6. The van der Waals surface area contributed by atoms with Gasteiger partial charge in [-0.05, 0) is 62.0 Å². The van der Waals surface area contributed by atoms with Crippen LogP contribution in [-0.4, -0.2) is 13.1 Å². The van der Waals surface area contributed by atoms with Gasteiger partial charge in [-0.1, -0.05) is 11.6 Å². The van der Waals surface area contributed by atoms with Gasteiger partial charge in [-0.2, -0.15) is 13.2 Å². The lowest BCUT2D eigenvalue weighted by molar-refractivity contribution is -0.137. The number of piperidine rings is 1. The van der Waals surface area contributed by atoms with E-state index in [2.05, 4.69) is 5.32 Å². The zero-order valence-electron chi connectivity index (χ0n) is 9.86. The first-order valence-electron chi connectivity index (χ1n) is 6.02. The summed E-state index contributed by atoms with van der Waals surface area (Å²) < 4.78 is 38.0. The van der Waals surface area contributed by atoms with Crippen molar-refractivity contribution < 1.29 is 13.2 Å². The average molecular weight is 278 g/mol. The van der Waals surface area contributed by atoms with Crippen LogP contribution in [0.15, 0.2) is 18.2 Å². The standard InChI is InChI=1S/C13H15ClF3N/c14-12-6-10(4-9-2-1-3-18-8-9)5-11(7-12)13(15,16)17/h5-7,9,18H,1-4,8H2. The second-order valence-electron chi connectivity index (χ2n) is 4.76. The van der Waals surface area contributed by atoms with Crippen molar-refractivity contribution in [1.82, 2.24) is 5.32 Å². The minimum Gasteiger partial charge on any atom is -0.316 e. The van der Waals surface area contributed by atoms with Gasteiger partial charge in [-0.15, -0.1) is 0 Å². The van der Waals surface area contributed by atoms with Crippen molar-refractivity contribution >= 4 is 11.6 Å². The lowest BCUT2D eigenvalue weighted by Crippen LogP contribution is -2.30. The molecule has 1 aromatic carbocycles. The summed E-state index contributed by atoms with van der Waals surface area (Å²) in [6, 6.07) is 3.82. The molecule has 0 spiro atoms. The molecule has 0 amide bonds. The molecule has 0 aliphatic carbocycles. The molecule has 1 aliphatic heterocycles. The number of hydrogen-bond donors (Lipinski definition) is 1. The molecule has 1 nitrogen and oxygen atoms in total. The Morgan fingerprint density at radius 2 is 2.06 bits per heavy atom. The SMILES string of the molecule is FC(F)(F)c1cc(Cl)cc(CC2CCCNC2)c1. The Balaban J connectivity index is 2.14. The molecule has 1 aliphatic rings. The lowest BCUT2D eigenvalue weighted by Gasteiger charge is -2.23. The molecule has 0 bridgehead atoms. The highest BCUT2D eigenvalue weighted by Gasteiger charge is 2.31. The molecule has 100 valence electrons. The van der Waals surface area contributed by atoms with Crippen molar-refractivity contribution in [2.24, 2.45) is 5.92 Å². The maximum absolute atomic E-state index is 12.7. The summed E-state index contributed by atoms with van der Waals surface area (Å²) in [7, 11) is 0. The molecule has 1 N–H and O–H groups in total. The van der Waals surface area contributed by atoms with E-state index in [1.54, 1.807) is 6.07 Å². The Morgan fingerprint density at radius 3 is 2.67 bits per heavy atom. The molecule has 5 heteroatoms. The Labute approximate surface area is 109 Å². The summed E-state index contributed by atoms with van der Waals surface area (Å²) in [6.45, 7) is 1.87.